The maximum Gasteiger partial charge on any atom is 0.238 e. The average Bonchev–Trinajstić information content (AvgIpc) is 2.54. The lowest BCUT2D eigenvalue weighted by Gasteiger charge is -2.14. The van der Waals surface area contributed by atoms with E-state index in [1.165, 1.54) is 6.92 Å². The van der Waals surface area contributed by atoms with Gasteiger partial charge in [0.15, 0.2) is 5.78 Å². The minimum Gasteiger partial charge on any atom is -0.325 e. The van der Waals surface area contributed by atoms with Crippen LogP contribution in [-0.4, -0.2) is 18.2 Å². The number of hydrogen-bond acceptors (Lipinski definition) is 3. The Bertz CT molecular complexity index is 681. The van der Waals surface area contributed by atoms with Crippen LogP contribution in [0.25, 0.3) is 0 Å². The maximum absolute atomic E-state index is 12.0. The Morgan fingerprint density at radius 3 is 2.22 bits per heavy atom. The van der Waals surface area contributed by atoms with Crippen LogP contribution in [0.4, 0.5) is 5.69 Å². The summed E-state index contributed by atoms with van der Waals surface area (Å²) in [4.78, 5) is 23.2. The molecule has 0 aromatic heterocycles. The first kappa shape index (κ1) is 17.4. The van der Waals surface area contributed by atoms with E-state index in [4.69, 9.17) is 0 Å². The van der Waals surface area contributed by atoms with Crippen LogP contribution >= 0.6 is 15.9 Å². The zero-order valence-corrected chi connectivity index (χ0v) is 14.7. The fourth-order valence-corrected chi connectivity index (χ4v) is 2.37. The number of carbonyl (C=O) groups excluding carboxylic acids is 2. The van der Waals surface area contributed by atoms with Gasteiger partial charge in [0.05, 0.1) is 6.54 Å². The van der Waals surface area contributed by atoms with Crippen LogP contribution in [0.2, 0.25) is 0 Å². The lowest BCUT2D eigenvalue weighted by atomic mass is 10.1. The minimum atomic E-state index is -0.121. The number of ketones is 1. The van der Waals surface area contributed by atoms with Crippen molar-refractivity contribution in [1.29, 1.82) is 0 Å². The smallest absolute Gasteiger partial charge is 0.238 e. The van der Waals surface area contributed by atoms with E-state index < -0.39 is 0 Å². The van der Waals surface area contributed by atoms with Crippen molar-refractivity contribution >= 4 is 33.3 Å². The third-order valence-corrected chi connectivity index (χ3v) is 4.04. The van der Waals surface area contributed by atoms with Crippen molar-refractivity contribution in [2.24, 2.45) is 0 Å². The molecular formula is C18H19BrN2O2. The molecule has 0 unspecified atom stereocenters. The fourth-order valence-electron chi connectivity index (χ4n) is 2.11. The molecular weight excluding hydrogens is 356 g/mol. The normalized spacial score (nSPS) is 11.8. The second kappa shape index (κ2) is 8.04. The number of rotatable bonds is 6. The van der Waals surface area contributed by atoms with Crippen LogP contribution < -0.4 is 10.6 Å². The predicted octanol–water partition coefficient (Wildman–Crippen LogP) is 3.94. The average molecular weight is 375 g/mol. The standard InChI is InChI=1S/C18H19BrN2O2/c1-12(14-3-7-16(19)8-4-14)20-11-18(23)21-17-9-5-15(6-10-17)13(2)22/h3-10,12,20H,11H2,1-2H3,(H,21,23)/t12-/m0/s1. The molecule has 0 fully saturated rings. The molecule has 0 saturated heterocycles. The summed E-state index contributed by atoms with van der Waals surface area (Å²) < 4.78 is 1.03. The van der Waals surface area contributed by atoms with Gasteiger partial charge in [0.2, 0.25) is 5.91 Å². The molecule has 0 aliphatic carbocycles. The summed E-state index contributed by atoms with van der Waals surface area (Å²) >= 11 is 3.40. The van der Waals surface area contributed by atoms with E-state index >= 15 is 0 Å². The Balaban J connectivity index is 1.84. The number of nitrogens with one attached hydrogen (secondary N) is 2. The van der Waals surface area contributed by atoms with Gasteiger partial charge in [-0.25, -0.2) is 0 Å². The quantitative estimate of drug-likeness (QED) is 0.752. The van der Waals surface area contributed by atoms with Gasteiger partial charge in [0.1, 0.15) is 0 Å². The van der Waals surface area contributed by atoms with Crippen LogP contribution in [0.1, 0.15) is 35.8 Å². The summed E-state index contributed by atoms with van der Waals surface area (Å²) in [7, 11) is 0. The van der Waals surface area contributed by atoms with Gasteiger partial charge in [-0.05, 0) is 55.8 Å². The third-order valence-electron chi connectivity index (χ3n) is 3.51. The van der Waals surface area contributed by atoms with Gasteiger partial charge in [-0.2, -0.15) is 0 Å². The van der Waals surface area contributed by atoms with Gasteiger partial charge in [-0.3, -0.25) is 9.59 Å². The highest BCUT2D eigenvalue weighted by atomic mass is 79.9. The number of anilines is 1. The summed E-state index contributed by atoms with van der Waals surface area (Å²) in [5.41, 5.74) is 2.43. The van der Waals surface area contributed by atoms with E-state index in [2.05, 4.69) is 26.6 Å². The number of carbonyl (C=O) groups is 2. The van der Waals surface area contributed by atoms with Gasteiger partial charge in [-0.15, -0.1) is 0 Å². The van der Waals surface area contributed by atoms with Gasteiger partial charge >= 0.3 is 0 Å². The van der Waals surface area contributed by atoms with Gasteiger partial charge in [-0.1, -0.05) is 28.1 Å². The molecule has 0 aliphatic heterocycles. The van der Waals surface area contributed by atoms with E-state index in [9.17, 15) is 9.59 Å². The van der Waals surface area contributed by atoms with E-state index in [0.717, 1.165) is 10.0 Å². The lowest BCUT2D eigenvalue weighted by Crippen LogP contribution is -2.30. The van der Waals surface area contributed by atoms with Crippen LogP contribution in [-0.2, 0) is 4.79 Å². The topological polar surface area (TPSA) is 58.2 Å². The number of amides is 1. The summed E-state index contributed by atoms with van der Waals surface area (Å²) in [6, 6.07) is 14.9. The number of benzene rings is 2. The highest BCUT2D eigenvalue weighted by Gasteiger charge is 2.08. The Kier molecular flexibility index (Phi) is 6.07. The highest BCUT2D eigenvalue weighted by Crippen LogP contribution is 2.16. The van der Waals surface area contributed by atoms with Crippen molar-refractivity contribution in [3.8, 4) is 0 Å². The van der Waals surface area contributed by atoms with Crippen molar-refractivity contribution in [2.75, 3.05) is 11.9 Å². The fraction of sp³-hybridized carbons (Fsp3) is 0.222. The molecule has 0 saturated carbocycles. The summed E-state index contributed by atoms with van der Waals surface area (Å²) in [6.45, 7) is 3.74. The molecule has 5 heteroatoms. The van der Waals surface area contributed by atoms with Crippen molar-refractivity contribution in [3.05, 3.63) is 64.1 Å². The van der Waals surface area contributed by atoms with Crippen LogP contribution in [0.15, 0.2) is 53.0 Å². The Morgan fingerprint density at radius 2 is 1.65 bits per heavy atom. The first-order chi connectivity index (χ1) is 11.0. The first-order valence-electron chi connectivity index (χ1n) is 7.35. The van der Waals surface area contributed by atoms with Gasteiger partial charge in [0.25, 0.3) is 0 Å². The second-order valence-electron chi connectivity index (χ2n) is 5.34. The van der Waals surface area contributed by atoms with Crippen molar-refractivity contribution in [2.45, 2.75) is 19.9 Å². The summed E-state index contributed by atoms with van der Waals surface area (Å²) in [6.07, 6.45) is 0. The van der Waals surface area contributed by atoms with E-state index in [1.54, 1.807) is 24.3 Å². The molecule has 4 nitrogen and oxygen atoms in total. The van der Waals surface area contributed by atoms with E-state index in [-0.39, 0.29) is 24.3 Å². The van der Waals surface area contributed by atoms with Crippen molar-refractivity contribution in [1.82, 2.24) is 5.32 Å². The summed E-state index contributed by atoms with van der Waals surface area (Å²) in [5, 5.41) is 5.99. The Morgan fingerprint density at radius 1 is 1.04 bits per heavy atom. The van der Waals surface area contributed by atoms with Gasteiger partial charge in [0, 0.05) is 21.8 Å². The molecule has 1 atom stereocenters. The molecule has 2 aromatic carbocycles. The number of hydrogen-bond donors (Lipinski definition) is 2. The van der Waals surface area contributed by atoms with Crippen molar-refractivity contribution in [3.63, 3.8) is 0 Å². The van der Waals surface area contributed by atoms with Crippen LogP contribution in [0.3, 0.4) is 0 Å². The van der Waals surface area contributed by atoms with Crippen LogP contribution in [0, 0.1) is 0 Å². The second-order valence-corrected chi connectivity index (χ2v) is 6.25. The molecule has 0 aliphatic rings. The maximum atomic E-state index is 12.0. The zero-order chi connectivity index (χ0) is 16.8. The molecule has 0 radical (unpaired) electrons. The monoisotopic (exact) mass is 374 g/mol. The Labute approximate surface area is 144 Å². The molecule has 0 spiro atoms. The highest BCUT2D eigenvalue weighted by molar-refractivity contribution is 9.10. The molecule has 0 bridgehead atoms. The largest absolute Gasteiger partial charge is 0.325 e. The summed E-state index contributed by atoms with van der Waals surface area (Å²) in [5.74, 6) is -0.114. The zero-order valence-electron chi connectivity index (χ0n) is 13.1. The Hall–Kier alpha value is -1.98. The molecule has 23 heavy (non-hydrogen) atoms. The molecule has 2 aromatic rings. The third kappa shape index (κ3) is 5.30. The molecule has 2 N–H and O–H groups in total. The molecule has 120 valence electrons. The van der Waals surface area contributed by atoms with Crippen molar-refractivity contribution < 1.29 is 9.59 Å². The van der Waals surface area contributed by atoms with E-state index in [1.807, 2.05) is 31.2 Å². The van der Waals surface area contributed by atoms with Crippen LogP contribution in [0.5, 0.6) is 0 Å². The SMILES string of the molecule is CC(=O)c1ccc(NC(=O)CN[C@@H](C)c2ccc(Br)cc2)cc1. The molecule has 2 rings (SSSR count). The van der Waals surface area contributed by atoms with Gasteiger partial charge < -0.3 is 10.6 Å². The minimum absolute atomic E-state index is 0.00728. The first-order valence-corrected chi connectivity index (χ1v) is 8.14. The van der Waals surface area contributed by atoms with E-state index in [0.29, 0.717) is 11.3 Å². The predicted molar refractivity (Wildman–Crippen MR) is 95.6 cm³/mol. The number of Topliss-reactive ketones (excluding diaryl/α,β-unsaturated/α-hetero) is 1. The lowest BCUT2D eigenvalue weighted by molar-refractivity contribution is -0.115. The number of halogens is 1. The molecule has 0 heterocycles. The molecule has 1 amide bonds.